The van der Waals surface area contributed by atoms with Crippen LogP contribution in [-0.2, 0) is 9.59 Å². The average Bonchev–Trinajstić information content (AvgIpc) is 3.19. The molecule has 0 spiro atoms. The number of hydrogen-bond acceptors (Lipinski definition) is 3. The number of carbonyl (C=O) groups is 2. The third-order valence-corrected chi connectivity index (χ3v) is 3.90. The first-order valence-corrected chi connectivity index (χ1v) is 8.65. The number of carbonyl (C=O) groups excluding carboxylic acids is 2. The van der Waals surface area contributed by atoms with Crippen LogP contribution < -0.4 is 16.0 Å². The molecule has 7 nitrogen and oxygen atoms in total. The van der Waals surface area contributed by atoms with Gasteiger partial charge in [-0.25, -0.2) is 18.2 Å². The Morgan fingerprint density at radius 3 is 2.48 bits per heavy atom. The van der Waals surface area contributed by atoms with E-state index in [9.17, 15) is 22.8 Å². The number of benzene rings is 1. The van der Waals surface area contributed by atoms with Gasteiger partial charge in [-0.2, -0.15) is 0 Å². The maximum absolute atomic E-state index is 13.6. The van der Waals surface area contributed by atoms with Gasteiger partial charge in [-0.3, -0.25) is 9.59 Å². The fourth-order valence-electron chi connectivity index (χ4n) is 2.54. The van der Waals surface area contributed by atoms with Gasteiger partial charge in [-0.15, -0.1) is 0 Å². The molecule has 3 N–H and O–H groups in total. The summed E-state index contributed by atoms with van der Waals surface area (Å²) in [7, 11) is 0. The molecule has 1 aliphatic rings. The zero-order valence-electron chi connectivity index (χ0n) is 14.9. The number of guanidine groups is 1. The molecular formula is C17H22F3N5O2. The lowest BCUT2D eigenvalue weighted by Gasteiger charge is -2.17. The molecule has 10 heteroatoms. The van der Waals surface area contributed by atoms with E-state index in [1.54, 1.807) is 4.90 Å². The van der Waals surface area contributed by atoms with E-state index in [-0.39, 0.29) is 18.4 Å². The maximum Gasteiger partial charge on any atom is 0.246 e. The van der Waals surface area contributed by atoms with Crippen molar-refractivity contribution >= 4 is 23.5 Å². The molecule has 1 fully saturated rings. The first kappa shape index (κ1) is 20.5. The second-order valence-electron chi connectivity index (χ2n) is 5.91. The molecule has 1 aromatic rings. The van der Waals surface area contributed by atoms with E-state index in [1.807, 2.05) is 6.92 Å². The molecule has 27 heavy (non-hydrogen) atoms. The van der Waals surface area contributed by atoms with Gasteiger partial charge in [-0.1, -0.05) is 0 Å². The first-order chi connectivity index (χ1) is 12.9. The van der Waals surface area contributed by atoms with Crippen LogP contribution in [0.25, 0.3) is 0 Å². The Kier molecular flexibility index (Phi) is 7.44. The quantitative estimate of drug-likeness (QED) is 0.391. The zero-order valence-corrected chi connectivity index (χ0v) is 14.9. The van der Waals surface area contributed by atoms with Crippen LogP contribution in [0.1, 0.15) is 19.8 Å². The smallest absolute Gasteiger partial charge is 0.246 e. The van der Waals surface area contributed by atoms with Crippen LogP contribution in [0.4, 0.5) is 18.9 Å². The minimum absolute atomic E-state index is 0.0330. The highest BCUT2D eigenvalue weighted by Gasteiger charge is 2.18. The van der Waals surface area contributed by atoms with Crippen LogP contribution in [-0.4, -0.2) is 55.4 Å². The third-order valence-electron chi connectivity index (χ3n) is 3.90. The molecule has 1 aliphatic heterocycles. The van der Waals surface area contributed by atoms with Gasteiger partial charge < -0.3 is 20.9 Å². The largest absolute Gasteiger partial charge is 0.357 e. The van der Waals surface area contributed by atoms with E-state index in [1.165, 1.54) is 0 Å². The van der Waals surface area contributed by atoms with Crippen molar-refractivity contribution < 1.29 is 22.8 Å². The highest BCUT2D eigenvalue weighted by molar-refractivity contribution is 5.94. The molecule has 1 aromatic carbocycles. The van der Waals surface area contributed by atoms with Crippen molar-refractivity contribution in [3.63, 3.8) is 0 Å². The summed E-state index contributed by atoms with van der Waals surface area (Å²) in [5.74, 6) is -5.02. The van der Waals surface area contributed by atoms with E-state index in [4.69, 9.17) is 0 Å². The van der Waals surface area contributed by atoms with E-state index in [2.05, 4.69) is 20.9 Å². The van der Waals surface area contributed by atoms with Crippen molar-refractivity contribution in [1.29, 1.82) is 0 Å². The van der Waals surface area contributed by atoms with Crippen LogP contribution in [0.15, 0.2) is 17.1 Å². The van der Waals surface area contributed by atoms with Crippen LogP contribution >= 0.6 is 0 Å². The molecule has 1 heterocycles. The summed E-state index contributed by atoms with van der Waals surface area (Å²) in [6, 6.07) is 1.64. The molecule has 0 unspecified atom stereocenters. The summed E-state index contributed by atoms with van der Waals surface area (Å²) in [5.41, 5.74) is -0.476. The highest BCUT2D eigenvalue weighted by atomic mass is 19.2. The van der Waals surface area contributed by atoms with Crippen molar-refractivity contribution in [2.24, 2.45) is 4.99 Å². The molecule has 0 radical (unpaired) electrons. The number of nitrogens with one attached hydrogen (secondary N) is 3. The Hall–Kier alpha value is -2.78. The van der Waals surface area contributed by atoms with Gasteiger partial charge >= 0.3 is 0 Å². The van der Waals surface area contributed by atoms with E-state index < -0.39 is 35.6 Å². The minimum atomic E-state index is -1.66. The minimum Gasteiger partial charge on any atom is -0.357 e. The molecule has 2 amide bonds. The SMILES string of the molecule is CCNC(=NCC(=O)Nc1ccc(F)c(F)c1F)NCC(=O)N1CCCC1. The van der Waals surface area contributed by atoms with E-state index in [0.717, 1.165) is 32.0 Å². The molecule has 0 aromatic heterocycles. The zero-order chi connectivity index (χ0) is 19.8. The number of halogens is 3. The summed E-state index contributed by atoms with van der Waals surface area (Å²) in [6.45, 7) is 3.42. The third kappa shape index (κ3) is 5.87. The number of anilines is 1. The topological polar surface area (TPSA) is 85.8 Å². The van der Waals surface area contributed by atoms with Crippen LogP contribution in [0.3, 0.4) is 0 Å². The normalized spacial score (nSPS) is 14.2. The van der Waals surface area contributed by atoms with Crippen molar-refractivity contribution in [3.8, 4) is 0 Å². The van der Waals surface area contributed by atoms with Crippen LogP contribution in [0.2, 0.25) is 0 Å². The second kappa shape index (κ2) is 9.79. The molecule has 0 atom stereocenters. The van der Waals surface area contributed by atoms with Crippen molar-refractivity contribution in [2.75, 3.05) is 38.0 Å². The van der Waals surface area contributed by atoms with Gasteiger partial charge in [0, 0.05) is 19.6 Å². The van der Waals surface area contributed by atoms with Gasteiger partial charge in [0.1, 0.15) is 6.54 Å². The maximum atomic E-state index is 13.6. The summed E-state index contributed by atoms with van der Waals surface area (Å²) < 4.78 is 39.6. The monoisotopic (exact) mass is 385 g/mol. The Labute approximate surface area is 155 Å². The Bertz CT molecular complexity index is 721. The van der Waals surface area contributed by atoms with Crippen molar-refractivity contribution in [2.45, 2.75) is 19.8 Å². The number of aliphatic imine (C=N–C) groups is 1. The summed E-state index contributed by atoms with van der Waals surface area (Å²) >= 11 is 0. The predicted molar refractivity (Wildman–Crippen MR) is 94.7 cm³/mol. The highest BCUT2D eigenvalue weighted by Crippen LogP contribution is 2.19. The molecule has 148 valence electrons. The lowest BCUT2D eigenvalue weighted by atomic mass is 10.3. The van der Waals surface area contributed by atoms with E-state index in [0.29, 0.717) is 12.6 Å². The lowest BCUT2D eigenvalue weighted by molar-refractivity contribution is -0.128. The first-order valence-electron chi connectivity index (χ1n) is 8.65. The average molecular weight is 385 g/mol. The number of likely N-dealkylation sites (tertiary alicyclic amines) is 1. The lowest BCUT2D eigenvalue weighted by Crippen LogP contribution is -2.44. The number of amides is 2. The molecule has 0 bridgehead atoms. The Morgan fingerprint density at radius 2 is 1.81 bits per heavy atom. The molecule has 0 aliphatic carbocycles. The summed E-state index contributed by atoms with van der Waals surface area (Å²) in [6.07, 6.45) is 1.97. The van der Waals surface area contributed by atoms with Crippen LogP contribution in [0.5, 0.6) is 0 Å². The number of nitrogens with zero attached hydrogens (tertiary/aromatic N) is 2. The molecule has 1 saturated heterocycles. The van der Waals surface area contributed by atoms with Gasteiger partial charge in [0.15, 0.2) is 23.4 Å². The summed E-state index contributed by atoms with van der Waals surface area (Å²) in [5, 5.41) is 7.84. The number of hydrogen-bond donors (Lipinski definition) is 3. The fourth-order valence-corrected chi connectivity index (χ4v) is 2.54. The molecular weight excluding hydrogens is 363 g/mol. The fraction of sp³-hybridized carbons (Fsp3) is 0.471. The van der Waals surface area contributed by atoms with Gasteiger partial charge in [0.25, 0.3) is 0 Å². The van der Waals surface area contributed by atoms with Crippen molar-refractivity contribution in [3.05, 3.63) is 29.6 Å². The molecule has 0 saturated carbocycles. The predicted octanol–water partition coefficient (Wildman–Crippen LogP) is 1.22. The van der Waals surface area contributed by atoms with Gasteiger partial charge in [0.05, 0.1) is 12.2 Å². The van der Waals surface area contributed by atoms with Gasteiger partial charge in [0.2, 0.25) is 11.8 Å². The standard InChI is InChI=1S/C17H22F3N5O2/c1-2-21-17(23-10-14(27)25-7-3-4-8-25)22-9-13(26)24-12-6-5-11(18)15(19)16(12)20/h5-6H,2-4,7-10H2,1H3,(H,24,26)(H2,21,22,23). The van der Waals surface area contributed by atoms with E-state index >= 15 is 0 Å². The van der Waals surface area contributed by atoms with Gasteiger partial charge in [-0.05, 0) is 31.9 Å². The summed E-state index contributed by atoms with van der Waals surface area (Å²) in [4.78, 5) is 29.7. The second-order valence-corrected chi connectivity index (χ2v) is 5.91. The van der Waals surface area contributed by atoms with Crippen molar-refractivity contribution in [1.82, 2.24) is 15.5 Å². The van der Waals surface area contributed by atoms with Crippen LogP contribution in [0, 0.1) is 17.5 Å². The Balaban J connectivity index is 1.90. The number of rotatable bonds is 6. The molecule has 2 rings (SSSR count). The Morgan fingerprint density at radius 1 is 1.11 bits per heavy atom.